The number of hydrogen-bond donors (Lipinski definition) is 1. The van der Waals surface area contributed by atoms with E-state index in [-0.39, 0.29) is 25.2 Å². The summed E-state index contributed by atoms with van der Waals surface area (Å²) in [4.78, 5) is 35.4. The predicted octanol–water partition coefficient (Wildman–Crippen LogP) is 3.48. The molecule has 0 unspecified atom stereocenters. The summed E-state index contributed by atoms with van der Waals surface area (Å²) in [6, 6.07) is 11.8. The third-order valence-corrected chi connectivity index (χ3v) is 4.51. The Bertz CT molecular complexity index is 1150. The number of nitrogens with one attached hydrogen (secondary N) is 1. The van der Waals surface area contributed by atoms with Gasteiger partial charge in [0.25, 0.3) is 0 Å². The van der Waals surface area contributed by atoms with E-state index in [0.717, 1.165) is 5.56 Å². The van der Waals surface area contributed by atoms with E-state index in [4.69, 9.17) is 20.8 Å². The molecule has 0 bridgehead atoms. The van der Waals surface area contributed by atoms with Crippen LogP contribution in [0.1, 0.15) is 12.5 Å². The van der Waals surface area contributed by atoms with E-state index in [2.05, 4.69) is 10.1 Å². The minimum absolute atomic E-state index is 0.0958. The van der Waals surface area contributed by atoms with Crippen molar-refractivity contribution in [2.24, 2.45) is 0 Å². The van der Waals surface area contributed by atoms with Gasteiger partial charge in [0.1, 0.15) is 18.1 Å². The topological polar surface area (TPSA) is 94.8 Å². The number of hydrogen-bond acceptors (Lipinski definition) is 6. The molecule has 2 aromatic carbocycles. The third kappa shape index (κ3) is 4.80. The maximum atomic E-state index is 12.5. The highest BCUT2D eigenvalue weighted by Gasteiger charge is 2.15. The summed E-state index contributed by atoms with van der Waals surface area (Å²) >= 11 is 6.19. The van der Waals surface area contributed by atoms with Gasteiger partial charge < -0.3 is 19.2 Å². The molecule has 1 N–H and O–H groups in total. The van der Waals surface area contributed by atoms with Gasteiger partial charge in [-0.05, 0) is 43.7 Å². The number of aryl methyl sites for hydroxylation is 1. The number of carbonyl (C=O) groups is 2. The third-order valence-electron chi connectivity index (χ3n) is 4.22. The van der Waals surface area contributed by atoms with Crippen LogP contribution in [0, 0.1) is 6.92 Å². The fourth-order valence-corrected chi connectivity index (χ4v) is 3.04. The highest BCUT2D eigenvalue weighted by atomic mass is 35.5. The van der Waals surface area contributed by atoms with Crippen LogP contribution >= 0.6 is 11.6 Å². The maximum Gasteiger partial charge on any atom is 0.396 e. The van der Waals surface area contributed by atoms with Crippen LogP contribution in [-0.2, 0) is 14.3 Å². The van der Waals surface area contributed by atoms with Gasteiger partial charge in [0, 0.05) is 6.07 Å². The Hall–Kier alpha value is -3.32. The van der Waals surface area contributed by atoms with Crippen molar-refractivity contribution in [3.05, 3.63) is 63.3 Å². The highest BCUT2D eigenvalue weighted by molar-refractivity contribution is 6.34. The first-order chi connectivity index (χ1) is 14.4. The molecular weight excluding hydrogens is 410 g/mol. The molecule has 1 heterocycles. The zero-order valence-electron chi connectivity index (χ0n) is 16.5. The average molecular weight is 430 g/mol. The Morgan fingerprint density at radius 1 is 1.17 bits per heavy atom. The van der Waals surface area contributed by atoms with Gasteiger partial charge in [0.15, 0.2) is 11.0 Å². The lowest BCUT2D eigenvalue weighted by molar-refractivity contribution is -0.154. The Morgan fingerprint density at radius 2 is 1.97 bits per heavy atom. The number of carbonyl (C=O) groups excluding carboxylic acids is 2. The molecule has 0 aliphatic rings. The summed E-state index contributed by atoms with van der Waals surface area (Å²) in [6.07, 6.45) is 0. The molecule has 0 atom stereocenters. The summed E-state index contributed by atoms with van der Waals surface area (Å²) in [5.74, 6) is -0.996. The molecule has 1 amide bonds. The molecule has 0 radical (unpaired) electrons. The van der Waals surface area contributed by atoms with Crippen LogP contribution in [0.25, 0.3) is 22.3 Å². The summed E-state index contributed by atoms with van der Waals surface area (Å²) in [5.41, 5.74) is 1.58. The van der Waals surface area contributed by atoms with Crippen molar-refractivity contribution in [1.29, 1.82) is 0 Å². The van der Waals surface area contributed by atoms with Crippen LogP contribution < -0.4 is 15.5 Å². The van der Waals surface area contributed by atoms with Crippen molar-refractivity contribution in [3.8, 4) is 17.1 Å². The average Bonchev–Trinajstić information content (AvgIpc) is 2.72. The van der Waals surface area contributed by atoms with Crippen molar-refractivity contribution >= 4 is 34.4 Å². The Kier molecular flexibility index (Phi) is 6.74. The van der Waals surface area contributed by atoms with Gasteiger partial charge in [-0.2, -0.15) is 0 Å². The zero-order chi connectivity index (χ0) is 21.7. The standard InChI is InChI=1S/C22H20ClNO6/c1-3-28-22(27)21(26)24-9-10-29-18-11-13(2)7-8-15(18)19-12-17(25)14-5-4-6-16(23)20(14)30-19/h4-8,11-12H,3,9-10H2,1-2H3,(H,24,26). The van der Waals surface area contributed by atoms with Crippen LogP contribution in [0.15, 0.2) is 51.7 Å². The molecule has 156 valence electrons. The van der Waals surface area contributed by atoms with E-state index in [1.165, 1.54) is 6.07 Å². The number of para-hydroxylation sites is 1. The van der Waals surface area contributed by atoms with Gasteiger partial charge in [-0.1, -0.05) is 23.7 Å². The highest BCUT2D eigenvalue weighted by Crippen LogP contribution is 2.33. The van der Waals surface area contributed by atoms with Crippen LogP contribution in [0.5, 0.6) is 5.75 Å². The molecule has 0 fully saturated rings. The van der Waals surface area contributed by atoms with E-state index >= 15 is 0 Å². The lowest BCUT2D eigenvalue weighted by atomic mass is 10.1. The monoisotopic (exact) mass is 429 g/mol. The quantitative estimate of drug-likeness (QED) is 0.366. The maximum absolute atomic E-state index is 12.5. The first kappa shape index (κ1) is 21.4. The fourth-order valence-electron chi connectivity index (χ4n) is 2.82. The van der Waals surface area contributed by atoms with Crippen molar-refractivity contribution in [1.82, 2.24) is 5.32 Å². The second kappa shape index (κ2) is 9.45. The molecule has 3 aromatic rings. The minimum atomic E-state index is -0.941. The number of esters is 1. The van der Waals surface area contributed by atoms with Crippen molar-refractivity contribution in [3.63, 3.8) is 0 Å². The van der Waals surface area contributed by atoms with Gasteiger partial charge in [0.05, 0.1) is 29.1 Å². The number of amides is 1. The minimum Gasteiger partial charge on any atom is -0.491 e. The largest absolute Gasteiger partial charge is 0.491 e. The lowest BCUT2D eigenvalue weighted by Gasteiger charge is -2.13. The molecule has 1 aromatic heterocycles. The number of fused-ring (bicyclic) bond motifs is 1. The molecule has 0 spiro atoms. The summed E-state index contributed by atoms with van der Waals surface area (Å²) in [5, 5.41) is 3.15. The van der Waals surface area contributed by atoms with Crippen molar-refractivity contribution in [2.75, 3.05) is 19.8 Å². The van der Waals surface area contributed by atoms with E-state index in [9.17, 15) is 14.4 Å². The van der Waals surface area contributed by atoms with E-state index in [1.807, 2.05) is 13.0 Å². The van der Waals surface area contributed by atoms with Crippen molar-refractivity contribution < 1.29 is 23.5 Å². The molecule has 8 heteroatoms. The second-order valence-electron chi connectivity index (χ2n) is 6.42. The first-order valence-corrected chi connectivity index (χ1v) is 9.69. The summed E-state index contributed by atoms with van der Waals surface area (Å²) < 4.78 is 16.3. The first-order valence-electron chi connectivity index (χ1n) is 9.32. The number of halogens is 1. The number of benzene rings is 2. The summed E-state index contributed by atoms with van der Waals surface area (Å²) in [7, 11) is 0. The van der Waals surface area contributed by atoms with E-state index in [1.54, 1.807) is 37.3 Å². The zero-order valence-corrected chi connectivity index (χ0v) is 17.2. The Labute approximate surface area is 177 Å². The molecule has 0 saturated heterocycles. The van der Waals surface area contributed by atoms with E-state index < -0.39 is 11.9 Å². The van der Waals surface area contributed by atoms with Crippen molar-refractivity contribution in [2.45, 2.75) is 13.8 Å². The van der Waals surface area contributed by atoms with Gasteiger partial charge in [-0.15, -0.1) is 0 Å². The fraction of sp³-hybridized carbons (Fsp3) is 0.227. The Morgan fingerprint density at radius 3 is 2.73 bits per heavy atom. The van der Waals surface area contributed by atoms with E-state index in [0.29, 0.717) is 33.1 Å². The van der Waals surface area contributed by atoms with Crippen LogP contribution in [0.3, 0.4) is 0 Å². The van der Waals surface area contributed by atoms with Gasteiger partial charge >= 0.3 is 11.9 Å². The van der Waals surface area contributed by atoms with Gasteiger partial charge in [-0.25, -0.2) is 4.79 Å². The number of rotatable bonds is 6. The SMILES string of the molecule is CCOC(=O)C(=O)NCCOc1cc(C)ccc1-c1cc(=O)c2cccc(Cl)c2o1. The predicted molar refractivity (Wildman–Crippen MR) is 113 cm³/mol. The van der Waals surface area contributed by atoms with Crippen LogP contribution in [-0.4, -0.2) is 31.6 Å². The second-order valence-corrected chi connectivity index (χ2v) is 6.82. The smallest absolute Gasteiger partial charge is 0.396 e. The normalized spacial score (nSPS) is 10.6. The van der Waals surface area contributed by atoms with Crippen LogP contribution in [0.2, 0.25) is 5.02 Å². The van der Waals surface area contributed by atoms with Crippen LogP contribution in [0.4, 0.5) is 0 Å². The molecule has 3 rings (SSSR count). The molecule has 0 saturated carbocycles. The molecule has 30 heavy (non-hydrogen) atoms. The molecule has 7 nitrogen and oxygen atoms in total. The molecule has 0 aliphatic heterocycles. The van der Waals surface area contributed by atoms with Gasteiger partial charge in [-0.3, -0.25) is 9.59 Å². The molecular formula is C22H20ClNO6. The summed E-state index contributed by atoms with van der Waals surface area (Å²) in [6.45, 7) is 3.83. The Balaban J connectivity index is 1.82. The lowest BCUT2D eigenvalue weighted by Crippen LogP contribution is -2.35. The van der Waals surface area contributed by atoms with Gasteiger partial charge in [0.2, 0.25) is 0 Å². The number of ether oxygens (including phenoxy) is 2. The molecule has 0 aliphatic carbocycles.